The topological polar surface area (TPSA) is 19.4 Å². The second-order valence-corrected chi connectivity index (χ2v) is 7.34. The number of benzene rings is 1. The van der Waals surface area contributed by atoms with E-state index in [1.165, 1.54) is 11.3 Å². The van der Waals surface area contributed by atoms with Gasteiger partial charge >= 0.3 is 0 Å². The third kappa shape index (κ3) is 4.95. The van der Waals surface area contributed by atoms with Crippen LogP contribution in [0.3, 0.4) is 0 Å². The SMILES string of the molecule is C=C(CC)N1CCN(Cc2cccnc2CCc2cccc(C)c2F)CC1. The lowest BCUT2D eigenvalue weighted by Crippen LogP contribution is -2.45. The molecule has 2 aromatic rings. The number of pyridine rings is 1. The lowest BCUT2D eigenvalue weighted by atomic mass is 10.0. The minimum Gasteiger partial charge on any atom is -0.373 e. The second kappa shape index (κ2) is 9.14. The predicted molar refractivity (Wildman–Crippen MR) is 109 cm³/mol. The van der Waals surface area contributed by atoms with Gasteiger partial charge in [0.05, 0.1) is 0 Å². The van der Waals surface area contributed by atoms with E-state index in [4.69, 9.17) is 0 Å². The third-order valence-electron chi connectivity index (χ3n) is 5.51. The van der Waals surface area contributed by atoms with Gasteiger partial charge in [-0.1, -0.05) is 37.8 Å². The quantitative estimate of drug-likeness (QED) is 0.725. The van der Waals surface area contributed by atoms with Crippen LogP contribution in [-0.2, 0) is 19.4 Å². The molecule has 1 aliphatic heterocycles. The van der Waals surface area contributed by atoms with Crippen LogP contribution in [0.25, 0.3) is 0 Å². The van der Waals surface area contributed by atoms with Gasteiger partial charge in [0.1, 0.15) is 5.82 Å². The van der Waals surface area contributed by atoms with Crippen LogP contribution in [-0.4, -0.2) is 41.0 Å². The van der Waals surface area contributed by atoms with Crippen molar-refractivity contribution in [3.05, 3.63) is 77.0 Å². The third-order valence-corrected chi connectivity index (χ3v) is 5.51. The molecular weight excluding hydrogens is 337 g/mol. The first kappa shape index (κ1) is 19.6. The summed E-state index contributed by atoms with van der Waals surface area (Å²) in [4.78, 5) is 9.46. The Hall–Kier alpha value is -2.20. The van der Waals surface area contributed by atoms with Gasteiger partial charge in [-0.05, 0) is 48.9 Å². The summed E-state index contributed by atoms with van der Waals surface area (Å²) in [6.07, 6.45) is 4.31. The Morgan fingerprint density at radius 1 is 1.07 bits per heavy atom. The molecule has 2 heterocycles. The molecule has 0 amide bonds. The molecule has 1 fully saturated rings. The standard InChI is InChI=1S/C23H30FN3/c1-4-19(3)27-15-13-26(14-16-27)17-21-9-6-12-25-22(21)11-10-20-8-5-7-18(2)23(20)24/h5-9,12H,3-4,10-11,13-17H2,1-2H3. The van der Waals surface area contributed by atoms with Gasteiger partial charge in [0.25, 0.3) is 0 Å². The zero-order chi connectivity index (χ0) is 19.2. The van der Waals surface area contributed by atoms with Crippen molar-refractivity contribution in [1.82, 2.24) is 14.8 Å². The van der Waals surface area contributed by atoms with Crippen LogP contribution in [0.2, 0.25) is 0 Å². The summed E-state index contributed by atoms with van der Waals surface area (Å²) >= 11 is 0. The highest BCUT2D eigenvalue weighted by atomic mass is 19.1. The average Bonchev–Trinajstić information content (AvgIpc) is 2.70. The number of rotatable bonds is 7. The fraction of sp³-hybridized carbons (Fsp3) is 0.435. The van der Waals surface area contributed by atoms with Gasteiger partial charge in [0.15, 0.2) is 0 Å². The summed E-state index contributed by atoms with van der Waals surface area (Å²) in [6, 6.07) is 9.78. The maximum Gasteiger partial charge on any atom is 0.129 e. The Kier molecular flexibility index (Phi) is 6.62. The molecule has 4 heteroatoms. The Balaban J connectivity index is 1.61. The fourth-order valence-electron chi connectivity index (χ4n) is 3.68. The Bertz CT molecular complexity index is 779. The van der Waals surface area contributed by atoms with Gasteiger partial charge in [0, 0.05) is 50.3 Å². The van der Waals surface area contributed by atoms with Crippen molar-refractivity contribution in [2.45, 2.75) is 39.7 Å². The van der Waals surface area contributed by atoms with E-state index < -0.39 is 0 Å². The average molecular weight is 368 g/mol. The van der Waals surface area contributed by atoms with E-state index in [1.54, 1.807) is 0 Å². The van der Waals surface area contributed by atoms with Gasteiger partial charge in [-0.3, -0.25) is 9.88 Å². The van der Waals surface area contributed by atoms with Crippen LogP contribution in [0, 0.1) is 12.7 Å². The molecule has 0 bridgehead atoms. The highest BCUT2D eigenvalue weighted by Crippen LogP contribution is 2.18. The van der Waals surface area contributed by atoms with E-state index in [0.717, 1.165) is 56.8 Å². The van der Waals surface area contributed by atoms with E-state index in [-0.39, 0.29) is 5.82 Å². The van der Waals surface area contributed by atoms with Crippen molar-refractivity contribution in [2.75, 3.05) is 26.2 Å². The molecule has 0 spiro atoms. The molecule has 3 rings (SSSR count). The van der Waals surface area contributed by atoms with E-state index in [9.17, 15) is 4.39 Å². The molecule has 0 unspecified atom stereocenters. The molecular formula is C23H30FN3. The normalized spacial score (nSPS) is 15.1. The smallest absolute Gasteiger partial charge is 0.129 e. The number of allylic oxidation sites excluding steroid dienone is 1. The first-order chi connectivity index (χ1) is 13.1. The predicted octanol–water partition coefficient (Wildman–Crippen LogP) is 4.36. The van der Waals surface area contributed by atoms with Gasteiger partial charge in [-0.2, -0.15) is 0 Å². The van der Waals surface area contributed by atoms with Crippen molar-refractivity contribution in [3.8, 4) is 0 Å². The fourth-order valence-corrected chi connectivity index (χ4v) is 3.68. The molecule has 1 aliphatic rings. The molecule has 1 saturated heterocycles. The van der Waals surface area contributed by atoms with Crippen LogP contribution in [0.15, 0.2) is 48.8 Å². The van der Waals surface area contributed by atoms with Gasteiger partial charge in [0.2, 0.25) is 0 Å². The van der Waals surface area contributed by atoms with Gasteiger partial charge in [-0.25, -0.2) is 4.39 Å². The first-order valence-corrected chi connectivity index (χ1v) is 9.90. The van der Waals surface area contributed by atoms with E-state index >= 15 is 0 Å². The molecule has 0 saturated carbocycles. The summed E-state index contributed by atoms with van der Waals surface area (Å²) in [5, 5.41) is 0. The van der Waals surface area contributed by atoms with Crippen LogP contribution in [0.5, 0.6) is 0 Å². The molecule has 3 nitrogen and oxygen atoms in total. The van der Waals surface area contributed by atoms with Crippen LogP contribution in [0.4, 0.5) is 4.39 Å². The van der Waals surface area contributed by atoms with Crippen LogP contribution in [0.1, 0.15) is 35.7 Å². The summed E-state index contributed by atoms with van der Waals surface area (Å²) in [5.41, 5.74) is 5.06. The number of aryl methyl sites for hydroxylation is 3. The van der Waals surface area contributed by atoms with Gasteiger partial charge < -0.3 is 4.90 Å². The number of hydrogen-bond acceptors (Lipinski definition) is 3. The highest BCUT2D eigenvalue weighted by molar-refractivity contribution is 5.27. The molecule has 0 N–H and O–H groups in total. The molecule has 0 atom stereocenters. The van der Waals surface area contributed by atoms with E-state index in [1.807, 2.05) is 37.4 Å². The summed E-state index contributed by atoms with van der Waals surface area (Å²) in [5.74, 6) is -0.0812. The summed E-state index contributed by atoms with van der Waals surface area (Å²) < 4.78 is 14.3. The number of halogens is 1. The molecule has 144 valence electrons. The Morgan fingerprint density at radius 3 is 2.56 bits per heavy atom. The van der Waals surface area contributed by atoms with E-state index in [2.05, 4.69) is 34.4 Å². The van der Waals surface area contributed by atoms with Crippen LogP contribution >= 0.6 is 0 Å². The molecule has 0 aliphatic carbocycles. The Morgan fingerprint density at radius 2 is 1.81 bits per heavy atom. The maximum atomic E-state index is 14.3. The van der Waals surface area contributed by atoms with Crippen molar-refractivity contribution >= 4 is 0 Å². The lowest BCUT2D eigenvalue weighted by Gasteiger charge is -2.37. The van der Waals surface area contributed by atoms with Crippen molar-refractivity contribution in [2.24, 2.45) is 0 Å². The summed E-state index contributed by atoms with van der Waals surface area (Å²) in [6.45, 7) is 13.2. The summed E-state index contributed by atoms with van der Waals surface area (Å²) in [7, 11) is 0. The maximum absolute atomic E-state index is 14.3. The van der Waals surface area contributed by atoms with Crippen molar-refractivity contribution in [3.63, 3.8) is 0 Å². The van der Waals surface area contributed by atoms with E-state index in [0.29, 0.717) is 12.0 Å². The molecule has 1 aromatic carbocycles. The molecule has 0 radical (unpaired) electrons. The first-order valence-electron chi connectivity index (χ1n) is 9.90. The van der Waals surface area contributed by atoms with Crippen LogP contribution < -0.4 is 0 Å². The van der Waals surface area contributed by atoms with Crippen molar-refractivity contribution in [1.29, 1.82) is 0 Å². The molecule has 1 aromatic heterocycles. The minimum atomic E-state index is -0.0812. The zero-order valence-corrected chi connectivity index (χ0v) is 16.5. The second-order valence-electron chi connectivity index (χ2n) is 7.34. The largest absolute Gasteiger partial charge is 0.373 e. The number of hydrogen-bond donors (Lipinski definition) is 0. The monoisotopic (exact) mass is 367 g/mol. The van der Waals surface area contributed by atoms with Crippen molar-refractivity contribution < 1.29 is 4.39 Å². The number of nitrogens with zero attached hydrogens (tertiary/aromatic N) is 3. The minimum absolute atomic E-state index is 0.0812. The van der Waals surface area contributed by atoms with Gasteiger partial charge in [-0.15, -0.1) is 0 Å². The number of piperazine rings is 1. The zero-order valence-electron chi connectivity index (χ0n) is 16.5. The number of aromatic nitrogens is 1. The Labute approximate surface area is 162 Å². The molecule has 27 heavy (non-hydrogen) atoms. The lowest BCUT2D eigenvalue weighted by molar-refractivity contribution is 0.150. The highest BCUT2D eigenvalue weighted by Gasteiger charge is 2.18.